The number of phenols is 1. The first kappa shape index (κ1) is 13.2. The molecule has 1 nitrogen and oxygen atoms in total. The van der Waals surface area contributed by atoms with Gasteiger partial charge in [0, 0.05) is 5.39 Å². The van der Waals surface area contributed by atoms with E-state index in [2.05, 4.69) is 24.3 Å². The number of rotatable bonds is 1. The highest BCUT2D eigenvalue weighted by Gasteiger charge is 2.43. The third-order valence-electron chi connectivity index (χ3n) is 6.07. The highest BCUT2D eigenvalue weighted by atomic mass is 16.3. The molecule has 0 atom stereocenters. The number of benzene rings is 2. The second-order valence-electron chi connectivity index (χ2n) is 7.02. The molecule has 1 heteroatoms. The zero-order valence-corrected chi connectivity index (χ0v) is 12.6. The molecule has 21 heavy (non-hydrogen) atoms. The summed E-state index contributed by atoms with van der Waals surface area (Å²) < 4.78 is 0. The highest BCUT2D eigenvalue weighted by Crippen LogP contribution is 2.53. The number of fused-ring (bicyclic) bond motifs is 2. The second-order valence-corrected chi connectivity index (χ2v) is 7.02. The fourth-order valence-corrected chi connectivity index (χ4v) is 5.11. The molecule has 0 saturated heterocycles. The molecule has 0 amide bonds. The van der Waals surface area contributed by atoms with Crippen molar-refractivity contribution in [2.24, 2.45) is 5.92 Å². The Hall–Kier alpha value is -1.50. The summed E-state index contributed by atoms with van der Waals surface area (Å²) in [4.78, 5) is 0. The van der Waals surface area contributed by atoms with Gasteiger partial charge in [-0.15, -0.1) is 0 Å². The third-order valence-corrected chi connectivity index (χ3v) is 6.07. The summed E-state index contributed by atoms with van der Waals surface area (Å²) in [6.07, 6.45) is 11.0. The van der Waals surface area contributed by atoms with Gasteiger partial charge in [0.1, 0.15) is 5.75 Å². The molecule has 2 aromatic rings. The SMILES string of the molecule is Oc1cccc2c(C34CCCCC3CCCC4)cccc12. The van der Waals surface area contributed by atoms with Gasteiger partial charge in [-0.25, -0.2) is 0 Å². The Morgan fingerprint density at radius 1 is 0.810 bits per heavy atom. The smallest absolute Gasteiger partial charge is 0.123 e. The van der Waals surface area contributed by atoms with E-state index < -0.39 is 0 Å². The van der Waals surface area contributed by atoms with Crippen molar-refractivity contribution in [3.8, 4) is 5.75 Å². The molecule has 2 saturated carbocycles. The minimum atomic E-state index is 0.379. The van der Waals surface area contributed by atoms with E-state index in [4.69, 9.17) is 0 Å². The first-order valence-electron chi connectivity index (χ1n) is 8.52. The highest BCUT2D eigenvalue weighted by molar-refractivity contribution is 5.91. The zero-order valence-electron chi connectivity index (χ0n) is 12.6. The molecule has 0 spiro atoms. The Balaban J connectivity index is 1.93. The van der Waals surface area contributed by atoms with Crippen LogP contribution < -0.4 is 0 Å². The Bertz CT molecular complexity index is 646. The standard InChI is InChI=1S/C20H24O/c21-19-12-6-9-16-17(19)10-5-11-18(16)20-13-3-1-7-15(20)8-2-4-14-20/h5-6,9-12,15,21H,1-4,7-8,13-14H2. The first-order chi connectivity index (χ1) is 10.3. The average molecular weight is 280 g/mol. The van der Waals surface area contributed by atoms with Crippen LogP contribution in [0.2, 0.25) is 0 Å². The maximum absolute atomic E-state index is 10.2. The van der Waals surface area contributed by atoms with Crippen molar-refractivity contribution in [3.05, 3.63) is 42.0 Å². The molecule has 2 aliphatic rings. The molecule has 0 heterocycles. The molecule has 2 aliphatic carbocycles. The zero-order chi connectivity index (χ0) is 14.3. The average Bonchev–Trinajstić information content (AvgIpc) is 2.55. The number of phenolic OH excluding ortho intramolecular Hbond substituents is 1. The van der Waals surface area contributed by atoms with E-state index in [1.807, 2.05) is 12.1 Å². The molecule has 0 aliphatic heterocycles. The van der Waals surface area contributed by atoms with E-state index in [1.165, 1.54) is 62.3 Å². The van der Waals surface area contributed by atoms with Gasteiger partial charge in [0.2, 0.25) is 0 Å². The lowest BCUT2D eigenvalue weighted by Crippen LogP contribution is -2.40. The van der Waals surface area contributed by atoms with Gasteiger partial charge in [-0.05, 0) is 54.0 Å². The largest absolute Gasteiger partial charge is 0.507 e. The predicted octanol–water partition coefficient (Wildman–Crippen LogP) is 5.55. The van der Waals surface area contributed by atoms with Crippen molar-refractivity contribution >= 4 is 10.8 Å². The molecular weight excluding hydrogens is 256 g/mol. The molecule has 2 fully saturated rings. The predicted molar refractivity (Wildman–Crippen MR) is 87.7 cm³/mol. The van der Waals surface area contributed by atoms with Gasteiger partial charge in [-0.3, -0.25) is 0 Å². The van der Waals surface area contributed by atoms with Gasteiger partial charge in [-0.1, -0.05) is 56.0 Å². The van der Waals surface area contributed by atoms with Gasteiger partial charge in [0.15, 0.2) is 0 Å². The van der Waals surface area contributed by atoms with Crippen LogP contribution >= 0.6 is 0 Å². The van der Waals surface area contributed by atoms with E-state index in [0.29, 0.717) is 11.2 Å². The Kier molecular flexibility index (Phi) is 3.17. The summed E-state index contributed by atoms with van der Waals surface area (Å²) in [7, 11) is 0. The van der Waals surface area contributed by atoms with Gasteiger partial charge in [-0.2, -0.15) is 0 Å². The van der Waals surface area contributed by atoms with E-state index in [-0.39, 0.29) is 0 Å². The van der Waals surface area contributed by atoms with E-state index in [9.17, 15) is 5.11 Å². The molecule has 4 rings (SSSR count). The molecule has 0 aromatic heterocycles. The maximum Gasteiger partial charge on any atom is 0.123 e. The van der Waals surface area contributed by atoms with Crippen LogP contribution in [0.3, 0.4) is 0 Å². The summed E-state index contributed by atoms with van der Waals surface area (Å²) in [5.41, 5.74) is 1.89. The Labute approximate surface area is 127 Å². The second kappa shape index (κ2) is 5.05. The van der Waals surface area contributed by atoms with Crippen LogP contribution in [0.5, 0.6) is 5.75 Å². The molecule has 0 radical (unpaired) electrons. The first-order valence-corrected chi connectivity index (χ1v) is 8.52. The minimum Gasteiger partial charge on any atom is -0.507 e. The fraction of sp³-hybridized carbons (Fsp3) is 0.500. The van der Waals surface area contributed by atoms with Crippen molar-refractivity contribution in [1.82, 2.24) is 0 Å². The van der Waals surface area contributed by atoms with Gasteiger partial charge >= 0.3 is 0 Å². The van der Waals surface area contributed by atoms with Crippen LogP contribution in [0, 0.1) is 5.92 Å². The Morgan fingerprint density at radius 3 is 2.24 bits per heavy atom. The number of hydrogen-bond acceptors (Lipinski definition) is 1. The normalized spacial score (nSPS) is 29.2. The minimum absolute atomic E-state index is 0.379. The van der Waals surface area contributed by atoms with Crippen molar-refractivity contribution in [2.45, 2.75) is 56.8 Å². The summed E-state index contributed by atoms with van der Waals surface area (Å²) in [6.45, 7) is 0. The van der Waals surface area contributed by atoms with Crippen molar-refractivity contribution < 1.29 is 5.11 Å². The molecule has 0 bridgehead atoms. The molecule has 0 unspecified atom stereocenters. The summed E-state index contributed by atoms with van der Waals surface area (Å²) in [5, 5.41) is 12.5. The lowest BCUT2D eigenvalue weighted by Gasteiger charge is -2.48. The van der Waals surface area contributed by atoms with Crippen molar-refractivity contribution in [1.29, 1.82) is 0 Å². The fourth-order valence-electron chi connectivity index (χ4n) is 5.11. The lowest BCUT2D eigenvalue weighted by molar-refractivity contribution is 0.125. The third kappa shape index (κ3) is 1.97. The van der Waals surface area contributed by atoms with Gasteiger partial charge in [0.05, 0.1) is 0 Å². The van der Waals surface area contributed by atoms with Crippen molar-refractivity contribution in [3.63, 3.8) is 0 Å². The Morgan fingerprint density at radius 2 is 1.48 bits per heavy atom. The van der Waals surface area contributed by atoms with Crippen LogP contribution in [0.25, 0.3) is 10.8 Å². The molecule has 2 aromatic carbocycles. The number of hydrogen-bond donors (Lipinski definition) is 1. The van der Waals surface area contributed by atoms with E-state index in [0.717, 1.165) is 11.3 Å². The quantitative estimate of drug-likeness (QED) is 0.726. The van der Waals surface area contributed by atoms with Crippen LogP contribution in [0.1, 0.15) is 56.9 Å². The molecule has 110 valence electrons. The topological polar surface area (TPSA) is 20.2 Å². The van der Waals surface area contributed by atoms with E-state index in [1.54, 1.807) is 0 Å². The number of aromatic hydroxyl groups is 1. The summed E-state index contributed by atoms with van der Waals surface area (Å²) >= 11 is 0. The summed E-state index contributed by atoms with van der Waals surface area (Å²) in [6, 6.07) is 12.6. The molecule has 1 N–H and O–H groups in total. The van der Waals surface area contributed by atoms with Gasteiger partial charge < -0.3 is 5.11 Å². The van der Waals surface area contributed by atoms with Crippen LogP contribution in [0.4, 0.5) is 0 Å². The lowest BCUT2D eigenvalue weighted by atomic mass is 9.56. The van der Waals surface area contributed by atoms with Crippen LogP contribution in [-0.4, -0.2) is 5.11 Å². The summed E-state index contributed by atoms with van der Waals surface area (Å²) in [5.74, 6) is 1.28. The van der Waals surface area contributed by atoms with Crippen LogP contribution in [0.15, 0.2) is 36.4 Å². The van der Waals surface area contributed by atoms with Crippen molar-refractivity contribution in [2.75, 3.05) is 0 Å². The maximum atomic E-state index is 10.2. The monoisotopic (exact) mass is 280 g/mol. The van der Waals surface area contributed by atoms with E-state index >= 15 is 0 Å². The van der Waals surface area contributed by atoms with Gasteiger partial charge in [0.25, 0.3) is 0 Å². The van der Waals surface area contributed by atoms with Crippen LogP contribution in [-0.2, 0) is 5.41 Å². The molecular formula is C20H24O.